The summed E-state index contributed by atoms with van der Waals surface area (Å²) < 4.78 is 13.0. The summed E-state index contributed by atoms with van der Waals surface area (Å²) in [6, 6.07) is 65.7. The van der Waals surface area contributed by atoms with E-state index in [1.807, 2.05) is 0 Å². The molecule has 0 aliphatic carbocycles. The van der Waals surface area contributed by atoms with Gasteiger partial charge in [0.25, 0.3) is 0 Å². The SMILES string of the molecule is c1ccc2cc(-c3c4ccccc4c(-c4ccc(-c5ccc6c(c5)oc5cc7c(cc56)oc5ccc6ccccc6c57)cc4)c4ccccc34)ccc2c1. The monoisotopic (exact) mass is 686 g/mol. The fourth-order valence-electron chi connectivity index (χ4n) is 8.92. The highest BCUT2D eigenvalue weighted by Crippen LogP contribution is 2.45. The summed E-state index contributed by atoms with van der Waals surface area (Å²) in [7, 11) is 0. The summed E-state index contributed by atoms with van der Waals surface area (Å²) in [6.45, 7) is 0. The summed E-state index contributed by atoms with van der Waals surface area (Å²) in [5, 5.41) is 14.3. The molecule has 0 bridgehead atoms. The van der Waals surface area contributed by atoms with Crippen molar-refractivity contribution in [1.82, 2.24) is 0 Å². The smallest absolute Gasteiger partial charge is 0.136 e. The van der Waals surface area contributed by atoms with Crippen LogP contribution < -0.4 is 0 Å². The average molecular weight is 687 g/mol. The van der Waals surface area contributed by atoms with Crippen LogP contribution in [0, 0.1) is 0 Å². The van der Waals surface area contributed by atoms with Crippen molar-refractivity contribution in [3.8, 4) is 33.4 Å². The molecule has 0 aliphatic rings. The fraction of sp³-hybridized carbons (Fsp3) is 0. The first-order valence-electron chi connectivity index (χ1n) is 18.5. The van der Waals surface area contributed by atoms with E-state index in [4.69, 9.17) is 8.83 Å². The van der Waals surface area contributed by atoms with Crippen molar-refractivity contribution in [2.75, 3.05) is 0 Å². The molecule has 250 valence electrons. The number of fused-ring (bicyclic) bond motifs is 11. The molecule has 12 rings (SSSR count). The Hall–Kier alpha value is -7.16. The van der Waals surface area contributed by atoms with Crippen LogP contribution in [0.4, 0.5) is 0 Å². The van der Waals surface area contributed by atoms with Gasteiger partial charge < -0.3 is 8.83 Å². The normalized spacial score (nSPS) is 12.1. The Morgan fingerprint density at radius 3 is 1.48 bits per heavy atom. The van der Waals surface area contributed by atoms with Crippen LogP contribution in [-0.4, -0.2) is 0 Å². The largest absolute Gasteiger partial charge is 0.456 e. The Balaban J connectivity index is 0.973. The van der Waals surface area contributed by atoms with Crippen molar-refractivity contribution in [1.29, 1.82) is 0 Å². The molecule has 10 aromatic carbocycles. The molecule has 2 nitrogen and oxygen atoms in total. The maximum atomic E-state index is 6.57. The second kappa shape index (κ2) is 11.2. The molecule has 0 aliphatic heterocycles. The summed E-state index contributed by atoms with van der Waals surface area (Å²) >= 11 is 0. The summed E-state index contributed by atoms with van der Waals surface area (Å²) in [5.41, 5.74) is 10.7. The minimum atomic E-state index is 0.867. The second-order valence-electron chi connectivity index (χ2n) is 14.4. The fourth-order valence-corrected chi connectivity index (χ4v) is 8.92. The predicted molar refractivity (Wildman–Crippen MR) is 227 cm³/mol. The predicted octanol–water partition coefficient (Wildman–Crippen LogP) is 15.1. The first-order chi connectivity index (χ1) is 26.7. The topological polar surface area (TPSA) is 26.3 Å². The van der Waals surface area contributed by atoms with E-state index in [9.17, 15) is 0 Å². The van der Waals surface area contributed by atoms with E-state index in [-0.39, 0.29) is 0 Å². The lowest BCUT2D eigenvalue weighted by atomic mass is 9.85. The van der Waals surface area contributed by atoms with Crippen molar-refractivity contribution in [2.45, 2.75) is 0 Å². The van der Waals surface area contributed by atoms with Gasteiger partial charge in [0, 0.05) is 21.5 Å². The van der Waals surface area contributed by atoms with Gasteiger partial charge in [-0.15, -0.1) is 0 Å². The van der Waals surface area contributed by atoms with Gasteiger partial charge in [0.2, 0.25) is 0 Å². The molecular weight excluding hydrogens is 657 g/mol. The third-order valence-corrected chi connectivity index (χ3v) is 11.4. The van der Waals surface area contributed by atoms with E-state index in [1.54, 1.807) is 0 Å². The Morgan fingerprint density at radius 1 is 0.241 bits per heavy atom. The molecule has 0 unspecified atom stereocenters. The second-order valence-corrected chi connectivity index (χ2v) is 14.4. The number of furan rings is 2. The molecule has 12 aromatic rings. The van der Waals surface area contributed by atoms with Crippen LogP contribution >= 0.6 is 0 Å². The van der Waals surface area contributed by atoms with Gasteiger partial charge in [-0.05, 0) is 113 Å². The van der Waals surface area contributed by atoms with Crippen molar-refractivity contribution < 1.29 is 8.83 Å². The lowest BCUT2D eigenvalue weighted by Gasteiger charge is -2.18. The lowest BCUT2D eigenvalue weighted by Crippen LogP contribution is -1.91. The van der Waals surface area contributed by atoms with Crippen molar-refractivity contribution >= 4 is 87.0 Å². The van der Waals surface area contributed by atoms with Gasteiger partial charge in [-0.3, -0.25) is 0 Å². The van der Waals surface area contributed by atoms with Crippen LogP contribution in [0.15, 0.2) is 191 Å². The number of hydrogen-bond donors (Lipinski definition) is 0. The zero-order valence-electron chi connectivity index (χ0n) is 29.1. The third kappa shape index (κ3) is 4.28. The summed E-state index contributed by atoms with van der Waals surface area (Å²) in [4.78, 5) is 0. The highest BCUT2D eigenvalue weighted by atomic mass is 16.3. The molecule has 0 saturated heterocycles. The first-order valence-corrected chi connectivity index (χ1v) is 18.5. The molecule has 0 N–H and O–H groups in total. The van der Waals surface area contributed by atoms with Crippen LogP contribution in [0.2, 0.25) is 0 Å². The van der Waals surface area contributed by atoms with Crippen LogP contribution in [-0.2, 0) is 0 Å². The first kappa shape index (κ1) is 29.4. The van der Waals surface area contributed by atoms with Crippen LogP contribution in [0.25, 0.3) is 120 Å². The zero-order chi connectivity index (χ0) is 35.3. The van der Waals surface area contributed by atoms with Crippen LogP contribution in [0.1, 0.15) is 0 Å². The van der Waals surface area contributed by atoms with Gasteiger partial charge in [-0.1, -0.05) is 146 Å². The van der Waals surface area contributed by atoms with Crippen LogP contribution in [0.5, 0.6) is 0 Å². The molecule has 2 heterocycles. The van der Waals surface area contributed by atoms with E-state index < -0.39 is 0 Å². The maximum Gasteiger partial charge on any atom is 0.136 e. The van der Waals surface area contributed by atoms with Gasteiger partial charge in [0.1, 0.15) is 22.3 Å². The minimum Gasteiger partial charge on any atom is -0.456 e. The highest BCUT2D eigenvalue weighted by Gasteiger charge is 2.18. The summed E-state index contributed by atoms with van der Waals surface area (Å²) in [5.74, 6) is 0. The molecule has 0 atom stereocenters. The van der Waals surface area contributed by atoms with E-state index in [1.165, 1.54) is 65.3 Å². The molecule has 0 spiro atoms. The molecule has 54 heavy (non-hydrogen) atoms. The minimum absolute atomic E-state index is 0.867. The van der Waals surface area contributed by atoms with E-state index >= 15 is 0 Å². The molecule has 2 aromatic heterocycles. The van der Waals surface area contributed by atoms with Gasteiger partial charge in [-0.25, -0.2) is 0 Å². The summed E-state index contributed by atoms with van der Waals surface area (Å²) in [6.07, 6.45) is 0. The Kier molecular flexibility index (Phi) is 6.09. The molecule has 0 fully saturated rings. The number of benzene rings is 10. The van der Waals surface area contributed by atoms with E-state index in [0.29, 0.717) is 0 Å². The van der Waals surface area contributed by atoms with Gasteiger partial charge in [-0.2, -0.15) is 0 Å². The zero-order valence-corrected chi connectivity index (χ0v) is 29.1. The van der Waals surface area contributed by atoms with Crippen molar-refractivity contribution in [2.24, 2.45) is 0 Å². The average Bonchev–Trinajstić information content (AvgIpc) is 3.78. The maximum absolute atomic E-state index is 6.57. The standard InChI is InChI=1S/C52H30O2/c1-2-11-35-27-37(22-19-31(35)9-1)51-42-15-7-5-13-40(42)50(41-14-6-8-16-43(41)51)34-20-17-32(18-21-34)36-23-25-39-44-29-49-45(30-48(44)54-47(39)28-36)52-38-12-4-3-10-33(38)24-26-46(52)53-49/h1-30H. The highest BCUT2D eigenvalue weighted by molar-refractivity contribution is 6.23. The lowest BCUT2D eigenvalue weighted by molar-refractivity contribution is 0.664. The molecule has 2 heteroatoms. The van der Waals surface area contributed by atoms with E-state index in [2.05, 4.69) is 182 Å². The van der Waals surface area contributed by atoms with Gasteiger partial charge in [0.15, 0.2) is 0 Å². The van der Waals surface area contributed by atoms with Gasteiger partial charge >= 0.3 is 0 Å². The molecule has 0 radical (unpaired) electrons. The third-order valence-electron chi connectivity index (χ3n) is 11.4. The van der Waals surface area contributed by atoms with Crippen molar-refractivity contribution in [3.05, 3.63) is 182 Å². The molecule has 0 amide bonds. The van der Waals surface area contributed by atoms with Crippen molar-refractivity contribution in [3.63, 3.8) is 0 Å². The molecule has 0 saturated carbocycles. The molecular formula is C52H30O2. The Morgan fingerprint density at radius 2 is 0.741 bits per heavy atom. The van der Waals surface area contributed by atoms with Crippen LogP contribution in [0.3, 0.4) is 0 Å². The number of hydrogen-bond acceptors (Lipinski definition) is 2. The quantitative estimate of drug-likeness (QED) is 0.173. The Labute approximate surface area is 310 Å². The number of rotatable bonds is 3. The van der Waals surface area contributed by atoms with Gasteiger partial charge in [0.05, 0.1) is 0 Å². The van der Waals surface area contributed by atoms with E-state index in [0.717, 1.165) is 55.0 Å². The Bertz CT molecular complexity index is 3430.